The lowest BCUT2D eigenvalue weighted by atomic mass is 10.1. The number of nitrogens with one attached hydrogen (secondary N) is 1. The number of amides is 2. The van der Waals surface area contributed by atoms with Gasteiger partial charge in [0.25, 0.3) is 5.91 Å². The van der Waals surface area contributed by atoms with Crippen LogP contribution in [0.15, 0.2) is 54.6 Å². The van der Waals surface area contributed by atoms with Gasteiger partial charge in [-0.2, -0.15) is 0 Å². The molecule has 1 atom stereocenters. The van der Waals surface area contributed by atoms with Crippen molar-refractivity contribution >= 4 is 23.5 Å². The van der Waals surface area contributed by atoms with Gasteiger partial charge in [-0.25, -0.2) is 4.79 Å². The van der Waals surface area contributed by atoms with Crippen molar-refractivity contribution in [1.29, 1.82) is 0 Å². The van der Waals surface area contributed by atoms with E-state index in [0.29, 0.717) is 37.2 Å². The summed E-state index contributed by atoms with van der Waals surface area (Å²) in [6.45, 7) is 2.67. The van der Waals surface area contributed by atoms with Gasteiger partial charge in [0.2, 0.25) is 5.91 Å². The molecular weight excluding hydrogens is 356 g/mol. The summed E-state index contributed by atoms with van der Waals surface area (Å²) in [5.41, 5.74) is 2.12. The standard InChI is InChI=1S/C22H24N2O4/c1-16(21(26)23-13-12-17-7-3-2-4-8-17)28-22(27)18-9-5-10-19(15-18)24-14-6-11-20(24)25/h2-5,7-10,15-16H,6,11-14H2,1H3,(H,23,26). The SMILES string of the molecule is CC(OC(=O)c1cccc(N2CCCC2=O)c1)C(=O)NCCc1ccccc1. The van der Waals surface area contributed by atoms with Gasteiger partial charge in [-0.1, -0.05) is 36.4 Å². The van der Waals surface area contributed by atoms with Gasteiger partial charge in [0.1, 0.15) is 0 Å². The third-order valence-electron chi connectivity index (χ3n) is 4.68. The minimum atomic E-state index is -0.902. The van der Waals surface area contributed by atoms with Crippen molar-refractivity contribution in [2.24, 2.45) is 0 Å². The van der Waals surface area contributed by atoms with Crippen molar-refractivity contribution in [3.63, 3.8) is 0 Å². The Kier molecular flexibility index (Phi) is 6.42. The van der Waals surface area contributed by atoms with Crippen LogP contribution in [0.1, 0.15) is 35.7 Å². The second kappa shape index (κ2) is 9.17. The molecule has 0 spiro atoms. The molecule has 0 bridgehead atoms. The number of hydrogen-bond acceptors (Lipinski definition) is 4. The molecule has 6 nitrogen and oxygen atoms in total. The molecule has 1 fully saturated rings. The van der Waals surface area contributed by atoms with Crippen LogP contribution in [0, 0.1) is 0 Å². The lowest BCUT2D eigenvalue weighted by molar-refractivity contribution is -0.129. The fraction of sp³-hybridized carbons (Fsp3) is 0.318. The topological polar surface area (TPSA) is 75.7 Å². The van der Waals surface area contributed by atoms with E-state index in [1.165, 1.54) is 0 Å². The molecule has 0 aromatic heterocycles. The summed E-state index contributed by atoms with van der Waals surface area (Å²) in [6.07, 6.45) is 1.14. The maximum Gasteiger partial charge on any atom is 0.338 e. The predicted molar refractivity (Wildman–Crippen MR) is 106 cm³/mol. The molecule has 146 valence electrons. The predicted octanol–water partition coefficient (Wildman–Crippen LogP) is 2.72. The van der Waals surface area contributed by atoms with Crippen LogP contribution in [-0.2, 0) is 20.7 Å². The molecule has 2 amide bonds. The fourth-order valence-electron chi connectivity index (χ4n) is 3.12. The summed E-state index contributed by atoms with van der Waals surface area (Å²) in [7, 11) is 0. The van der Waals surface area contributed by atoms with Crippen molar-refractivity contribution < 1.29 is 19.1 Å². The third-order valence-corrected chi connectivity index (χ3v) is 4.68. The Labute approximate surface area is 164 Å². The third kappa shape index (κ3) is 4.97. The van der Waals surface area contributed by atoms with Crippen LogP contribution in [0.3, 0.4) is 0 Å². The number of benzene rings is 2. The van der Waals surface area contributed by atoms with E-state index in [0.717, 1.165) is 12.0 Å². The Morgan fingerprint density at radius 1 is 1.14 bits per heavy atom. The number of esters is 1. The van der Waals surface area contributed by atoms with E-state index in [1.54, 1.807) is 36.1 Å². The molecule has 3 rings (SSSR count). The molecule has 1 heterocycles. The molecule has 0 aliphatic carbocycles. The molecular formula is C22H24N2O4. The average molecular weight is 380 g/mol. The number of carbonyl (C=O) groups is 3. The number of rotatable bonds is 7. The minimum absolute atomic E-state index is 0.0525. The first kappa shape index (κ1) is 19.6. The summed E-state index contributed by atoms with van der Waals surface area (Å²) >= 11 is 0. The maximum absolute atomic E-state index is 12.4. The normalized spacial score (nSPS) is 14.6. The van der Waals surface area contributed by atoms with Crippen molar-refractivity contribution in [1.82, 2.24) is 5.32 Å². The van der Waals surface area contributed by atoms with Gasteiger partial charge in [0.05, 0.1) is 5.56 Å². The van der Waals surface area contributed by atoms with Crippen LogP contribution in [0.25, 0.3) is 0 Å². The Morgan fingerprint density at radius 2 is 1.93 bits per heavy atom. The van der Waals surface area contributed by atoms with Crippen molar-refractivity contribution in [3.8, 4) is 0 Å². The monoisotopic (exact) mass is 380 g/mol. The molecule has 0 radical (unpaired) electrons. The van der Waals surface area contributed by atoms with Gasteiger partial charge >= 0.3 is 5.97 Å². The van der Waals surface area contributed by atoms with Gasteiger partial charge < -0.3 is 15.0 Å². The van der Waals surface area contributed by atoms with Crippen LogP contribution in [0.4, 0.5) is 5.69 Å². The largest absolute Gasteiger partial charge is 0.449 e. The zero-order valence-corrected chi connectivity index (χ0v) is 15.9. The Morgan fingerprint density at radius 3 is 2.64 bits per heavy atom. The highest BCUT2D eigenvalue weighted by atomic mass is 16.5. The van der Waals surface area contributed by atoms with Gasteiger partial charge in [-0.15, -0.1) is 0 Å². The Hall–Kier alpha value is -3.15. The van der Waals surface area contributed by atoms with Crippen LogP contribution in [0.5, 0.6) is 0 Å². The molecule has 1 saturated heterocycles. The number of nitrogens with zero attached hydrogens (tertiary/aromatic N) is 1. The first-order valence-corrected chi connectivity index (χ1v) is 9.47. The summed E-state index contributed by atoms with van der Waals surface area (Å²) in [5, 5.41) is 2.78. The van der Waals surface area contributed by atoms with Gasteiger partial charge in [0, 0.05) is 25.2 Å². The van der Waals surface area contributed by atoms with E-state index < -0.39 is 12.1 Å². The van der Waals surface area contributed by atoms with E-state index in [-0.39, 0.29) is 11.8 Å². The molecule has 1 aliphatic rings. The lowest BCUT2D eigenvalue weighted by Gasteiger charge is -2.17. The van der Waals surface area contributed by atoms with Gasteiger partial charge in [-0.3, -0.25) is 9.59 Å². The maximum atomic E-state index is 12.4. The summed E-state index contributed by atoms with van der Waals surface area (Å²) in [4.78, 5) is 38.1. The molecule has 1 aliphatic heterocycles. The summed E-state index contributed by atoms with van der Waals surface area (Å²) < 4.78 is 5.29. The van der Waals surface area contributed by atoms with Crippen LogP contribution in [-0.4, -0.2) is 37.0 Å². The van der Waals surface area contributed by atoms with Crippen LogP contribution >= 0.6 is 0 Å². The molecule has 0 saturated carbocycles. The molecule has 1 N–H and O–H groups in total. The smallest absolute Gasteiger partial charge is 0.338 e. The highest BCUT2D eigenvalue weighted by Crippen LogP contribution is 2.22. The van der Waals surface area contributed by atoms with E-state index in [4.69, 9.17) is 4.74 Å². The zero-order valence-electron chi connectivity index (χ0n) is 15.9. The van der Waals surface area contributed by atoms with Gasteiger partial charge in [-0.05, 0) is 43.5 Å². The number of carbonyl (C=O) groups excluding carboxylic acids is 3. The lowest BCUT2D eigenvalue weighted by Crippen LogP contribution is -2.37. The Balaban J connectivity index is 1.52. The fourth-order valence-corrected chi connectivity index (χ4v) is 3.12. The van der Waals surface area contributed by atoms with Gasteiger partial charge in [0.15, 0.2) is 6.10 Å². The summed E-state index contributed by atoms with van der Waals surface area (Å²) in [6, 6.07) is 16.6. The van der Waals surface area contributed by atoms with E-state index in [2.05, 4.69) is 5.32 Å². The number of ether oxygens (including phenoxy) is 1. The van der Waals surface area contributed by atoms with E-state index in [1.807, 2.05) is 30.3 Å². The number of anilines is 1. The quantitative estimate of drug-likeness (QED) is 0.750. The van der Waals surface area contributed by atoms with Crippen LogP contribution in [0.2, 0.25) is 0 Å². The molecule has 2 aromatic carbocycles. The molecule has 1 unspecified atom stereocenters. The van der Waals surface area contributed by atoms with Crippen molar-refractivity contribution in [2.45, 2.75) is 32.3 Å². The highest BCUT2D eigenvalue weighted by molar-refractivity contribution is 5.98. The highest BCUT2D eigenvalue weighted by Gasteiger charge is 2.23. The van der Waals surface area contributed by atoms with Crippen molar-refractivity contribution in [2.75, 3.05) is 18.0 Å². The molecule has 2 aromatic rings. The summed E-state index contributed by atoms with van der Waals surface area (Å²) in [5.74, 6) is -0.869. The van der Waals surface area contributed by atoms with E-state index >= 15 is 0 Å². The first-order valence-electron chi connectivity index (χ1n) is 9.47. The average Bonchev–Trinajstić information content (AvgIpc) is 3.14. The second-order valence-electron chi connectivity index (χ2n) is 6.77. The van der Waals surface area contributed by atoms with Crippen LogP contribution < -0.4 is 10.2 Å². The Bertz CT molecular complexity index is 851. The molecule has 28 heavy (non-hydrogen) atoms. The zero-order chi connectivity index (χ0) is 19.9. The second-order valence-corrected chi connectivity index (χ2v) is 6.77. The van der Waals surface area contributed by atoms with E-state index in [9.17, 15) is 14.4 Å². The molecule has 6 heteroatoms. The minimum Gasteiger partial charge on any atom is -0.449 e. The van der Waals surface area contributed by atoms with Crippen molar-refractivity contribution in [3.05, 3.63) is 65.7 Å². The number of hydrogen-bond donors (Lipinski definition) is 1. The first-order chi connectivity index (χ1) is 13.5.